The maximum absolute atomic E-state index is 12.4. The summed E-state index contributed by atoms with van der Waals surface area (Å²) in [5.74, 6) is 0.323. The Labute approximate surface area is 115 Å². The van der Waals surface area contributed by atoms with Crippen molar-refractivity contribution in [3.05, 3.63) is 18.0 Å². The zero-order chi connectivity index (χ0) is 13.8. The Balaban J connectivity index is 3.15. The fraction of sp³-hybridized carbons (Fsp3) is 0.667. The first-order valence-corrected chi connectivity index (χ1v) is 8.23. The van der Waals surface area contributed by atoms with Crippen LogP contribution in [0.1, 0.15) is 32.9 Å². The largest absolute Gasteiger partial charge is 0.349 e. The molecule has 0 N–H and O–H groups in total. The number of halogens is 1. The summed E-state index contributed by atoms with van der Waals surface area (Å²) in [5, 5.41) is 0. The van der Waals surface area contributed by atoms with Crippen molar-refractivity contribution in [2.24, 2.45) is 0 Å². The first kappa shape index (κ1) is 15.5. The first-order valence-electron chi connectivity index (χ1n) is 6.26. The molecule has 0 aliphatic carbocycles. The van der Waals surface area contributed by atoms with Gasteiger partial charge in [0.05, 0.1) is 5.88 Å². The fourth-order valence-corrected chi connectivity index (χ4v) is 3.76. The Bertz CT molecular complexity index is 461. The van der Waals surface area contributed by atoms with Crippen LogP contribution < -0.4 is 0 Å². The van der Waals surface area contributed by atoms with Crippen molar-refractivity contribution >= 4 is 21.6 Å². The number of alkyl halides is 1. The summed E-state index contributed by atoms with van der Waals surface area (Å²) in [4.78, 5) is 0.343. The third-order valence-corrected chi connectivity index (χ3v) is 5.12. The van der Waals surface area contributed by atoms with Gasteiger partial charge in [0, 0.05) is 31.5 Å². The van der Waals surface area contributed by atoms with Gasteiger partial charge in [-0.25, -0.2) is 8.42 Å². The average molecular weight is 293 g/mol. The number of hydrogen-bond donors (Lipinski definition) is 0. The van der Waals surface area contributed by atoms with Gasteiger partial charge < -0.3 is 4.57 Å². The lowest BCUT2D eigenvalue weighted by Gasteiger charge is -2.18. The summed E-state index contributed by atoms with van der Waals surface area (Å²) in [5.41, 5.74) is 0.838. The molecule has 0 unspecified atom stereocenters. The fourth-order valence-electron chi connectivity index (χ4n) is 1.92. The quantitative estimate of drug-likeness (QED) is 0.725. The molecule has 6 heteroatoms. The van der Waals surface area contributed by atoms with Gasteiger partial charge in [-0.05, 0) is 19.4 Å². The molecule has 0 saturated carbocycles. The summed E-state index contributed by atoms with van der Waals surface area (Å²) < 4.78 is 28.2. The van der Waals surface area contributed by atoms with Gasteiger partial charge in [0.1, 0.15) is 4.90 Å². The van der Waals surface area contributed by atoms with Crippen molar-refractivity contribution in [3.8, 4) is 0 Å². The van der Waals surface area contributed by atoms with Crippen LogP contribution in [0.15, 0.2) is 17.2 Å². The highest BCUT2D eigenvalue weighted by molar-refractivity contribution is 7.89. The van der Waals surface area contributed by atoms with Gasteiger partial charge in [0.25, 0.3) is 0 Å². The molecule has 0 atom stereocenters. The van der Waals surface area contributed by atoms with Crippen LogP contribution in [-0.4, -0.2) is 30.4 Å². The minimum Gasteiger partial charge on any atom is -0.349 e. The molecule has 0 amide bonds. The van der Waals surface area contributed by atoms with Crippen LogP contribution in [0.2, 0.25) is 0 Å². The van der Waals surface area contributed by atoms with Crippen molar-refractivity contribution in [2.45, 2.75) is 44.5 Å². The SMILES string of the molecule is CCCN(CC)S(=O)(=O)c1cc(CCl)n(CC)c1. The Morgan fingerprint density at radius 1 is 1.33 bits per heavy atom. The number of hydrogen-bond acceptors (Lipinski definition) is 2. The number of nitrogens with zero attached hydrogens (tertiary/aromatic N) is 2. The molecule has 1 heterocycles. The molecule has 104 valence electrons. The minimum absolute atomic E-state index is 0.323. The molecule has 0 aliphatic heterocycles. The molecule has 1 rings (SSSR count). The van der Waals surface area contributed by atoms with E-state index in [1.807, 2.05) is 25.3 Å². The lowest BCUT2D eigenvalue weighted by Crippen LogP contribution is -2.31. The highest BCUT2D eigenvalue weighted by Gasteiger charge is 2.24. The predicted molar refractivity (Wildman–Crippen MR) is 74.4 cm³/mol. The van der Waals surface area contributed by atoms with Crippen molar-refractivity contribution in [2.75, 3.05) is 13.1 Å². The lowest BCUT2D eigenvalue weighted by atomic mass is 10.5. The second-order valence-corrected chi connectivity index (χ2v) is 6.29. The van der Waals surface area contributed by atoms with Gasteiger partial charge in [0.2, 0.25) is 10.0 Å². The van der Waals surface area contributed by atoms with Crippen molar-refractivity contribution in [1.82, 2.24) is 8.87 Å². The molecular weight excluding hydrogens is 272 g/mol. The van der Waals surface area contributed by atoms with Crippen LogP contribution in [-0.2, 0) is 22.4 Å². The second kappa shape index (κ2) is 6.59. The summed E-state index contributed by atoms with van der Waals surface area (Å²) in [6, 6.07) is 1.67. The molecular formula is C12H21ClN2O2S. The zero-order valence-electron chi connectivity index (χ0n) is 11.2. The van der Waals surface area contributed by atoms with Crippen LogP contribution in [0, 0.1) is 0 Å². The van der Waals surface area contributed by atoms with Gasteiger partial charge in [-0.2, -0.15) is 4.31 Å². The van der Waals surface area contributed by atoms with E-state index in [0.717, 1.165) is 18.7 Å². The van der Waals surface area contributed by atoms with Gasteiger partial charge in [-0.1, -0.05) is 13.8 Å². The molecule has 0 aliphatic rings. The van der Waals surface area contributed by atoms with E-state index in [-0.39, 0.29) is 0 Å². The molecule has 0 bridgehead atoms. The third kappa shape index (κ3) is 3.08. The summed E-state index contributed by atoms with van der Waals surface area (Å²) in [7, 11) is -3.38. The second-order valence-electron chi connectivity index (χ2n) is 4.08. The summed E-state index contributed by atoms with van der Waals surface area (Å²) in [6.07, 6.45) is 2.48. The van der Waals surface area contributed by atoms with Crippen LogP contribution in [0.3, 0.4) is 0 Å². The normalized spacial score (nSPS) is 12.3. The molecule has 4 nitrogen and oxygen atoms in total. The van der Waals surface area contributed by atoms with E-state index in [1.165, 1.54) is 4.31 Å². The Kier molecular flexibility index (Phi) is 5.69. The molecule has 18 heavy (non-hydrogen) atoms. The highest BCUT2D eigenvalue weighted by atomic mass is 35.5. The Hall–Kier alpha value is -0.520. The summed E-state index contributed by atoms with van der Waals surface area (Å²) in [6.45, 7) is 7.55. The van der Waals surface area contributed by atoms with E-state index in [9.17, 15) is 8.42 Å². The van der Waals surface area contributed by atoms with Crippen LogP contribution in [0.4, 0.5) is 0 Å². The minimum atomic E-state index is -3.38. The highest BCUT2D eigenvalue weighted by Crippen LogP contribution is 2.20. The van der Waals surface area contributed by atoms with Crippen molar-refractivity contribution < 1.29 is 8.42 Å². The third-order valence-electron chi connectivity index (χ3n) is 2.90. The molecule has 0 saturated heterocycles. The predicted octanol–water partition coefficient (Wildman–Crippen LogP) is 2.67. The number of rotatable bonds is 7. The van der Waals surface area contributed by atoms with E-state index in [4.69, 9.17) is 11.6 Å². The first-order chi connectivity index (χ1) is 8.51. The van der Waals surface area contributed by atoms with Crippen LogP contribution in [0.5, 0.6) is 0 Å². The number of aryl methyl sites for hydroxylation is 1. The molecule has 0 radical (unpaired) electrons. The van der Waals surface area contributed by atoms with E-state index >= 15 is 0 Å². The summed E-state index contributed by atoms with van der Waals surface area (Å²) >= 11 is 5.82. The van der Waals surface area contributed by atoms with E-state index in [1.54, 1.807) is 12.3 Å². The molecule has 0 fully saturated rings. The number of aromatic nitrogens is 1. The van der Waals surface area contributed by atoms with Gasteiger partial charge in [0.15, 0.2) is 0 Å². The Morgan fingerprint density at radius 3 is 2.39 bits per heavy atom. The van der Waals surface area contributed by atoms with Crippen molar-refractivity contribution in [3.63, 3.8) is 0 Å². The average Bonchev–Trinajstić information content (AvgIpc) is 2.79. The molecule has 1 aromatic heterocycles. The van der Waals surface area contributed by atoms with Crippen LogP contribution >= 0.6 is 11.6 Å². The van der Waals surface area contributed by atoms with Gasteiger partial charge in [-0.3, -0.25) is 0 Å². The molecule has 0 spiro atoms. The molecule has 0 aromatic carbocycles. The van der Waals surface area contributed by atoms with E-state index < -0.39 is 10.0 Å². The number of sulfonamides is 1. The van der Waals surface area contributed by atoms with E-state index in [2.05, 4.69) is 0 Å². The van der Waals surface area contributed by atoms with Crippen molar-refractivity contribution in [1.29, 1.82) is 0 Å². The Morgan fingerprint density at radius 2 is 2.00 bits per heavy atom. The van der Waals surface area contributed by atoms with Gasteiger partial charge in [-0.15, -0.1) is 11.6 Å². The smallest absolute Gasteiger partial charge is 0.244 e. The topological polar surface area (TPSA) is 42.3 Å². The van der Waals surface area contributed by atoms with E-state index in [0.29, 0.717) is 23.9 Å². The standard InChI is InChI=1S/C12H21ClN2O2S/c1-4-7-15(6-3)18(16,17)12-8-11(9-13)14(5-2)10-12/h8,10H,4-7,9H2,1-3H3. The van der Waals surface area contributed by atoms with Crippen LogP contribution in [0.25, 0.3) is 0 Å². The molecule has 1 aromatic rings. The monoisotopic (exact) mass is 292 g/mol. The maximum Gasteiger partial charge on any atom is 0.244 e. The zero-order valence-corrected chi connectivity index (χ0v) is 12.8. The lowest BCUT2D eigenvalue weighted by molar-refractivity contribution is 0.427. The maximum atomic E-state index is 12.4. The van der Waals surface area contributed by atoms with Gasteiger partial charge >= 0.3 is 0 Å².